The average Bonchev–Trinajstić information content (AvgIpc) is 3.31. The number of hydrogen-bond donors (Lipinski definition) is 0. The first-order chi connectivity index (χ1) is 12.2. The second-order valence-electron chi connectivity index (χ2n) is 7.12. The van der Waals surface area contributed by atoms with E-state index in [0.29, 0.717) is 12.0 Å². The van der Waals surface area contributed by atoms with Gasteiger partial charge in [0.05, 0.1) is 20.3 Å². The van der Waals surface area contributed by atoms with E-state index in [4.69, 9.17) is 14.2 Å². The molecule has 25 heavy (non-hydrogen) atoms. The summed E-state index contributed by atoms with van der Waals surface area (Å²) in [5.41, 5.74) is 1.27. The predicted molar refractivity (Wildman–Crippen MR) is 96.3 cm³/mol. The Kier molecular flexibility index (Phi) is 6.05. The van der Waals surface area contributed by atoms with Gasteiger partial charge in [0.2, 0.25) is 0 Å². The molecule has 5 nitrogen and oxygen atoms in total. The van der Waals surface area contributed by atoms with Gasteiger partial charge in [-0.1, -0.05) is 6.07 Å². The molecule has 0 N–H and O–H groups in total. The monoisotopic (exact) mass is 347 g/mol. The highest BCUT2D eigenvalue weighted by Gasteiger charge is 2.26. The van der Waals surface area contributed by atoms with Crippen LogP contribution in [0.1, 0.15) is 44.1 Å². The van der Waals surface area contributed by atoms with Crippen LogP contribution in [0.4, 0.5) is 4.79 Å². The molecule has 3 rings (SSSR count). The summed E-state index contributed by atoms with van der Waals surface area (Å²) in [5, 5.41) is 0. The van der Waals surface area contributed by atoms with Crippen LogP contribution >= 0.6 is 0 Å². The van der Waals surface area contributed by atoms with Crippen LogP contribution in [-0.2, 0) is 11.2 Å². The van der Waals surface area contributed by atoms with Gasteiger partial charge in [0.1, 0.15) is 0 Å². The molecule has 5 heteroatoms. The van der Waals surface area contributed by atoms with Crippen LogP contribution < -0.4 is 9.47 Å². The molecule has 1 unspecified atom stereocenters. The molecule has 0 spiro atoms. The van der Waals surface area contributed by atoms with E-state index in [9.17, 15) is 4.79 Å². The van der Waals surface area contributed by atoms with Gasteiger partial charge < -0.3 is 19.1 Å². The second-order valence-corrected chi connectivity index (χ2v) is 7.12. The molecule has 1 atom stereocenters. The lowest BCUT2D eigenvalue weighted by Crippen LogP contribution is -2.28. The highest BCUT2D eigenvalue weighted by atomic mass is 16.5. The number of rotatable bonds is 6. The van der Waals surface area contributed by atoms with E-state index in [-0.39, 0.29) is 6.09 Å². The fourth-order valence-corrected chi connectivity index (χ4v) is 3.89. The number of carbonyl (C=O) groups excluding carboxylic acids is 1. The van der Waals surface area contributed by atoms with Gasteiger partial charge in [-0.05, 0) is 68.6 Å². The third-order valence-corrected chi connectivity index (χ3v) is 5.38. The van der Waals surface area contributed by atoms with Gasteiger partial charge in [-0.2, -0.15) is 0 Å². The first-order valence-electron chi connectivity index (χ1n) is 9.36. The maximum atomic E-state index is 11.6. The van der Waals surface area contributed by atoms with Gasteiger partial charge in [0.15, 0.2) is 11.5 Å². The van der Waals surface area contributed by atoms with Gasteiger partial charge in [-0.15, -0.1) is 0 Å². The maximum absolute atomic E-state index is 11.6. The van der Waals surface area contributed by atoms with Gasteiger partial charge >= 0.3 is 6.09 Å². The zero-order chi connectivity index (χ0) is 17.6. The molecule has 1 amide bonds. The van der Waals surface area contributed by atoms with E-state index in [2.05, 4.69) is 12.1 Å². The SMILES string of the molecule is COC(=O)N1CCC(CCc2ccc(OC)c(OC3CCCC3)c2)C1. The van der Waals surface area contributed by atoms with Crippen LogP contribution in [0, 0.1) is 5.92 Å². The number of likely N-dealkylation sites (tertiary alicyclic amines) is 1. The molecule has 0 aromatic heterocycles. The lowest BCUT2D eigenvalue weighted by molar-refractivity contribution is 0.131. The minimum atomic E-state index is -0.209. The summed E-state index contributed by atoms with van der Waals surface area (Å²) in [6, 6.07) is 6.26. The normalized spacial score (nSPS) is 20.7. The molecule has 2 fully saturated rings. The van der Waals surface area contributed by atoms with E-state index in [1.165, 1.54) is 25.5 Å². The van der Waals surface area contributed by atoms with Gasteiger partial charge in [0.25, 0.3) is 0 Å². The molecule has 138 valence electrons. The van der Waals surface area contributed by atoms with Crippen molar-refractivity contribution in [1.29, 1.82) is 0 Å². The van der Waals surface area contributed by atoms with Crippen LogP contribution in [0.5, 0.6) is 11.5 Å². The fourth-order valence-electron chi connectivity index (χ4n) is 3.89. The third-order valence-electron chi connectivity index (χ3n) is 5.38. The molecular formula is C20H29NO4. The lowest BCUT2D eigenvalue weighted by atomic mass is 9.98. The Morgan fingerprint density at radius 3 is 2.68 bits per heavy atom. The summed E-state index contributed by atoms with van der Waals surface area (Å²) in [4.78, 5) is 13.4. The number of aryl methyl sites for hydroxylation is 1. The summed E-state index contributed by atoms with van der Waals surface area (Å²) in [6.45, 7) is 1.60. The van der Waals surface area contributed by atoms with Crippen molar-refractivity contribution < 1.29 is 19.0 Å². The van der Waals surface area contributed by atoms with Crippen LogP contribution in [0.3, 0.4) is 0 Å². The summed E-state index contributed by atoms with van der Waals surface area (Å²) in [5.74, 6) is 2.23. The van der Waals surface area contributed by atoms with Crippen molar-refractivity contribution in [1.82, 2.24) is 4.90 Å². The van der Waals surface area contributed by atoms with Crippen LogP contribution in [0.2, 0.25) is 0 Å². The Balaban J connectivity index is 1.56. The van der Waals surface area contributed by atoms with Crippen molar-refractivity contribution >= 4 is 6.09 Å². The Morgan fingerprint density at radius 1 is 1.16 bits per heavy atom. The molecule has 1 saturated heterocycles. The Bertz CT molecular complexity index is 583. The molecule has 2 aliphatic rings. The summed E-state index contributed by atoms with van der Waals surface area (Å²) in [6.07, 6.45) is 8.02. The number of benzene rings is 1. The van der Waals surface area contributed by atoms with Gasteiger partial charge in [-0.25, -0.2) is 4.79 Å². The minimum absolute atomic E-state index is 0.209. The predicted octanol–water partition coefficient (Wildman–Crippen LogP) is 4.04. The van der Waals surface area contributed by atoms with Crippen molar-refractivity contribution in [3.8, 4) is 11.5 Å². The Hall–Kier alpha value is -1.91. The molecule has 1 aliphatic heterocycles. The molecule has 1 aromatic rings. The first-order valence-corrected chi connectivity index (χ1v) is 9.36. The minimum Gasteiger partial charge on any atom is -0.493 e. The average molecular weight is 347 g/mol. The first kappa shape index (κ1) is 17.9. The van der Waals surface area contributed by atoms with E-state index < -0.39 is 0 Å². The molecule has 1 saturated carbocycles. The topological polar surface area (TPSA) is 48.0 Å². The Labute approximate surface area is 150 Å². The second kappa shape index (κ2) is 8.45. The number of ether oxygens (including phenoxy) is 3. The van der Waals surface area contributed by atoms with E-state index in [1.807, 2.05) is 6.07 Å². The number of methoxy groups -OCH3 is 2. The van der Waals surface area contributed by atoms with Gasteiger partial charge in [0, 0.05) is 13.1 Å². The largest absolute Gasteiger partial charge is 0.493 e. The highest BCUT2D eigenvalue weighted by Crippen LogP contribution is 2.33. The highest BCUT2D eigenvalue weighted by molar-refractivity contribution is 5.67. The zero-order valence-electron chi connectivity index (χ0n) is 15.3. The van der Waals surface area contributed by atoms with Gasteiger partial charge in [-0.3, -0.25) is 0 Å². The summed E-state index contributed by atoms with van der Waals surface area (Å²) < 4.78 is 16.4. The van der Waals surface area contributed by atoms with Crippen molar-refractivity contribution in [2.24, 2.45) is 5.92 Å². The van der Waals surface area contributed by atoms with E-state index in [1.54, 1.807) is 12.0 Å². The number of nitrogens with zero attached hydrogens (tertiary/aromatic N) is 1. The number of carbonyl (C=O) groups is 1. The smallest absolute Gasteiger partial charge is 0.409 e. The van der Waals surface area contributed by atoms with E-state index >= 15 is 0 Å². The summed E-state index contributed by atoms with van der Waals surface area (Å²) in [7, 11) is 3.13. The standard InChI is InChI=1S/C20H29NO4/c1-23-18-10-9-15(13-19(18)25-17-5-3-4-6-17)7-8-16-11-12-21(14-16)20(22)24-2/h9-10,13,16-17H,3-8,11-12,14H2,1-2H3. The molecule has 1 heterocycles. The fraction of sp³-hybridized carbons (Fsp3) is 0.650. The third kappa shape index (κ3) is 4.59. The van der Waals surface area contributed by atoms with Crippen LogP contribution in [-0.4, -0.2) is 44.4 Å². The van der Waals surface area contributed by atoms with Crippen molar-refractivity contribution in [2.75, 3.05) is 27.3 Å². The van der Waals surface area contributed by atoms with Crippen molar-refractivity contribution in [2.45, 2.75) is 51.0 Å². The van der Waals surface area contributed by atoms with Crippen LogP contribution in [0.15, 0.2) is 18.2 Å². The molecule has 0 radical (unpaired) electrons. The van der Waals surface area contributed by atoms with Crippen molar-refractivity contribution in [3.05, 3.63) is 23.8 Å². The number of hydrogen-bond acceptors (Lipinski definition) is 4. The lowest BCUT2D eigenvalue weighted by Gasteiger charge is -2.17. The Morgan fingerprint density at radius 2 is 1.96 bits per heavy atom. The molecule has 0 bridgehead atoms. The molecule has 1 aromatic carbocycles. The zero-order valence-corrected chi connectivity index (χ0v) is 15.3. The summed E-state index contributed by atoms with van der Waals surface area (Å²) >= 11 is 0. The molecule has 1 aliphatic carbocycles. The van der Waals surface area contributed by atoms with Crippen molar-refractivity contribution in [3.63, 3.8) is 0 Å². The number of amides is 1. The quantitative estimate of drug-likeness (QED) is 0.779. The maximum Gasteiger partial charge on any atom is 0.409 e. The van der Waals surface area contributed by atoms with E-state index in [0.717, 1.165) is 56.7 Å². The van der Waals surface area contributed by atoms with Crippen LogP contribution in [0.25, 0.3) is 0 Å². The molecular weight excluding hydrogens is 318 g/mol.